The fourth-order valence-corrected chi connectivity index (χ4v) is 2.61. The molecule has 0 fully saturated rings. The highest BCUT2D eigenvalue weighted by molar-refractivity contribution is 5.81. The second kappa shape index (κ2) is 12.3. The number of carbonyl (C=O) groups excluding carboxylic acids is 1. The molecule has 23 heavy (non-hydrogen) atoms. The van der Waals surface area contributed by atoms with Crippen LogP contribution >= 0.6 is 0 Å². The monoisotopic (exact) mass is 329 g/mol. The average Bonchev–Trinajstić information content (AvgIpc) is 2.42. The summed E-state index contributed by atoms with van der Waals surface area (Å²) in [6.07, 6.45) is 5.70. The van der Waals surface area contributed by atoms with Gasteiger partial charge in [0.25, 0.3) is 0 Å². The molecule has 0 radical (unpaired) electrons. The molecule has 0 aromatic heterocycles. The number of nitrogens with two attached hydrogens (primary N) is 2. The van der Waals surface area contributed by atoms with Crippen molar-refractivity contribution in [3.63, 3.8) is 0 Å². The third kappa shape index (κ3) is 12.0. The molecule has 0 aromatic rings. The predicted molar refractivity (Wildman–Crippen MR) is 93.0 cm³/mol. The molecule has 0 aliphatic carbocycles. The number of hydrogen-bond acceptors (Lipinski definition) is 4. The summed E-state index contributed by atoms with van der Waals surface area (Å²) >= 11 is 0. The first-order valence-electron chi connectivity index (χ1n) is 8.76. The lowest BCUT2D eigenvalue weighted by atomic mass is 10.0. The molecule has 0 rings (SSSR count). The van der Waals surface area contributed by atoms with Gasteiger partial charge in [0, 0.05) is 25.0 Å². The van der Waals surface area contributed by atoms with E-state index in [0.717, 1.165) is 32.1 Å². The first-order valence-corrected chi connectivity index (χ1v) is 8.76. The van der Waals surface area contributed by atoms with Crippen LogP contribution < -0.4 is 11.5 Å². The van der Waals surface area contributed by atoms with Crippen LogP contribution in [-0.2, 0) is 9.59 Å². The van der Waals surface area contributed by atoms with Gasteiger partial charge in [-0.25, -0.2) is 0 Å². The second-order valence-corrected chi connectivity index (χ2v) is 6.85. The first kappa shape index (κ1) is 21.9. The molecule has 0 saturated carbocycles. The molecule has 0 spiro atoms. The van der Waals surface area contributed by atoms with Gasteiger partial charge in [-0.3, -0.25) is 9.59 Å². The Morgan fingerprint density at radius 1 is 1.09 bits per heavy atom. The van der Waals surface area contributed by atoms with E-state index in [1.54, 1.807) is 0 Å². The van der Waals surface area contributed by atoms with Crippen molar-refractivity contribution >= 4 is 11.9 Å². The average molecular weight is 329 g/mol. The number of carboxylic acids is 1. The molecular formula is C17H35N3O3. The largest absolute Gasteiger partial charge is 0.480 e. The van der Waals surface area contributed by atoms with Crippen LogP contribution in [-0.4, -0.2) is 47.1 Å². The van der Waals surface area contributed by atoms with Crippen molar-refractivity contribution in [3.05, 3.63) is 0 Å². The summed E-state index contributed by atoms with van der Waals surface area (Å²) in [5.41, 5.74) is 12.0. The van der Waals surface area contributed by atoms with Crippen LogP contribution in [0.2, 0.25) is 0 Å². The standard InChI is InChI=1S/C17H35N3O3/c1-4-5-6-7-14(18)11-16(21)20(12-17(22)23)9-8-15(19)10-13(2)3/h13-15H,4-12,18-19H2,1-3H3,(H,22,23)/t14-,15+/m0/s1. The van der Waals surface area contributed by atoms with Gasteiger partial charge in [0.15, 0.2) is 0 Å². The van der Waals surface area contributed by atoms with E-state index in [-0.39, 0.29) is 31.0 Å². The number of amides is 1. The molecule has 0 bridgehead atoms. The van der Waals surface area contributed by atoms with Gasteiger partial charge in [0.05, 0.1) is 0 Å². The SMILES string of the molecule is CCCCC[C@H](N)CC(=O)N(CC[C@@H](N)CC(C)C)CC(=O)O. The summed E-state index contributed by atoms with van der Waals surface area (Å²) in [6, 6.07) is -0.216. The highest BCUT2D eigenvalue weighted by atomic mass is 16.4. The van der Waals surface area contributed by atoms with Crippen molar-refractivity contribution in [2.24, 2.45) is 17.4 Å². The van der Waals surface area contributed by atoms with Crippen molar-refractivity contribution in [2.45, 2.75) is 77.8 Å². The van der Waals surface area contributed by atoms with Crippen molar-refractivity contribution in [3.8, 4) is 0 Å². The predicted octanol–water partition coefficient (Wildman–Crippen LogP) is 1.96. The Morgan fingerprint density at radius 3 is 2.26 bits per heavy atom. The molecule has 1 amide bonds. The molecule has 0 unspecified atom stereocenters. The van der Waals surface area contributed by atoms with Gasteiger partial charge in [-0.05, 0) is 25.2 Å². The van der Waals surface area contributed by atoms with Gasteiger partial charge in [-0.2, -0.15) is 0 Å². The Kier molecular flexibility index (Phi) is 11.7. The van der Waals surface area contributed by atoms with Gasteiger partial charge >= 0.3 is 5.97 Å². The van der Waals surface area contributed by atoms with Gasteiger partial charge in [-0.1, -0.05) is 40.0 Å². The zero-order valence-corrected chi connectivity index (χ0v) is 15.0. The molecule has 6 nitrogen and oxygen atoms in total. The van der Waals surface area contributed by atoms with Crippen LogP contribution in [0.25, 0.3) is 0 Å². The summed E-state index contributed by atoms with van der Waals surface area (Å²) in [7, 11) is 0. The number of hydrogen-bond donors (Lipinski definition) is 3. The van der Waals surface area contributed by atoms with Crippen LogP contribution in [0.5, 0.6) is 0 Å². The molecular weight excluding hydrogens is 294 g/mol. The van der Waals surface area contributed by atoms with E-state index in [1.165, 1.54) is 4.90 Å². The second-order valence-electron chi connectivity index (χ2n) is 6.85. The van der Waals surface area contributed by atoms with Gasteiger partial charge in [0.1, 0.15) is 6.54 Å². The van der Waals surface area contributed by atoms with Crippen LogP contribution in [0.4, 0.5) is 0 Å². The van der Waals surface area contributed by atoms with E-state index in [1.807, 2.05) is 0 Å². The summed E-state index contributed by atoms with van der Waals surface area (Å²) in [4.78, 5) is 24.7. The maximum atomic E-state index is 12.3. The fourth-order valence-electron chi connectivity index (χ4n) is 2.61. The Hall–Kier alpha value is -1.14. The molecule has 0 heterocycles. The lowest BCUT2D eigenvalue weighted by Crippen LogP contribution is -2.41. The maximum Gasteiger partial charge on any atom is 0.323 e. The van der Waals surface area contributed by atoms with Crippen molar-refractivity contribution in [1.29, 1.82) is 0 Å². The van der Waals surface area contributed by atoms with Gasteiger partial charge in [-0.15, -0.1) is 0 Å². The molecule has 2 atom stereocenters. The van der Waals surface area contributed by atoms with E-state index >= 15 is 0 Å². The van der Waals surface area contributed by atoms with Crippen LogP contribution in [0, 0.1) is 5.92 Å². The van der Waals surface area contributed by atoms with E-state index < -0.39 is 5.97 Å². The molecule has 0 aliphatic heterocycles. The number of aliphatic carboxylic acids is 1. The zero-order valence-electron chi connectivity index (χ0n) is 15.0. The normalized spacial score (nSPS) is 13.8. The minimum absolute atomic E-state index is 0.0164. The van der Waals surface area contributed by atoms with E-state index in [0.29, 0.717) is 18.9 Å². The lowest BCUT2D eigenvalue weighted by Gasteiger charge is -2.24. The summed E-state index contributed by atoms with van der Waals surface area (Å²) < 4.78 is 0. The van der Waals surface area contributed by atoms with Gasteiger partial charge < -0.3 is 21.5 Å². The fraction of sp³-hybridized carbons (Fsp3) is 0.882. The van der Waals surface area contributed by atoms with E-state index in [2.05, 4.69) is 20.8 Å². The highest BCUT2D eigenvalue weighted by Crippen LogP contribution is 2.10. The number of nitrogens with zero attached hydrogens (tertiary/aromatic N) is 1. The Balaban J connectivity index is 4.39. The summed E-state index contributed by atoms with van der Waals surface area (Å²) in [5.74, 6) is -0.705. The minimum atomic E-state index is -1.00. The number of carbonyl (C=O) groups is 2. The van der Waals surface area contributed by atoms with Crippen molar-refractivity contribution in [2.75, 3.05) is 13.1 Å². The number of unbranched alkanes of at least 4 members (excludes halogenated alkanes) is 2. The van der Waals surface area contributed by atoms with E-state index in [9.17, 15) is 9.59 Å². The highest BCUT2D eigenvalue weighted by Gasteiger charge is 2.20. The topological polar surface area (TPSA) is 110 Å². The lowest BCUT2D eigenvalue weighted by molar-refractivity contribution is -0.144. The third-order valence-electron chi connectivity index (χ3n) is 3.84. The maximum absolute atomic E-state index is 12.3. The molecule has 136 valence electrons. The zero-order chi connectivity index (χ0) is 17.8. The van der Waals surface area contributed by atoms with Crippen LogP contribution in [0.15, 0.2) is 0 Å². The Morgan fingerprint density at radius 2 is 1.74 bits per heavy atom. The minimum Gasteiger partial charge on any atom is -0.480 e. The first-order chi connectivity index (χ1) is 10.8. The van der Waals surface area contributed by atoms with E-state index in [4.69, 9.17) is 16.6 Å². The smallest absolute Gasteiger partial charge is 0.323 e. The van der Waals surface area contributed by atoms with Crippen LogP contribution in [0.1, 0.15) is 65.7 Å². The van der Waals surface area contributed by atoms with Crippen LogP contribution in [0.3, 0.4) is 0 Å². The van der Waals surface area contributed by atoms with Crippen molar-refractivity contribution in [1.82, 2.24) is 4.90 Å². The molecule has 5 N–H and O–H groups in total. The Bertz CT molecular complexity index is 348. The number of carboxylic acid groups (broad SMARTS) is 1. The number of rotatable bonds is 13. The molecule has 0 aliphatic rings. The molecule has 6 heteroatoms. The van der Waals surface area contributed by atoms with Crippen molar-refractivity contribution < 1.29 is 14.7 Å². The molecule has 0 aromatic carbocycles. The Labute approximate surface area is 140 Å². The summed E-state index contributed by atoms with van der Waals surface area (Å²) in [6.45, 7) is 6.39. The molecule has 0 saturated heterocycles. The third-order valence-corrected chi connectivity index (χ3v) is 3.84. The quantitative estimate of drug-likeness (QED) is 0.447. The van der Waals surface area contributed by atoms with Gasteiger partial charge in [0.2, 0.25) is 5.91 Å². The summed E-state index contributed by atoms with van der Waals surface area (Å²) in [5, 5.41) is 8.99.